The average molecular weight is 468 g/mol. The Balaban J connectivity index is 1.47. The van der Waals surface area contributed by atoms with Gasteiger partial charge in [-0.15, -0.1) is 0 Å². The van der Waals surface area contributed by atoms with Gasteiger partial charge in [0.2, 0.25) is 6.79 Å². The van der Waals surface area contributed by atoms with Gasteiger partial charge in [-0.2, -0.15) is 0 Å². The molecule has 0 aromatic heterocycles. The van der Waals surface area contributed by atoms with Crippen molar-refractivity contribution in [3.8, 4) is 11.5 Å². The molecule has 1 unspecified atom stereocenters. The van der Waals surface area contributed by atoms with Gasteiger partial charge in [-0.3, -0.25) is 14.5 Å². The zero-order valence-corrected chi connectivity index (χ0v) is 18.5. The summed E-state index contributed by atoms with van der Waals surface area (Å²) in [5.74, 6) is -1.20. The Bertz CT molecular complexity index is 1130. The molecule has 3 aliphatic heterocycles. The van der Waals surface area contributed by atoms with E-state index in [4.69, 9.17) is 14.2 Å². The number of aliphatic hydroxyl groups excluding tert-OH is 1. The molecule has 0 radical (unpaired) electrons. The summed E-state index contributed by atoms with van der Waals surface area (Å²) in [5, 5.41) is 11.2. The molecular weight excluding hydrogens is 443 g/mol. The summed E-state index contributed by atoms with van der Waals surface area (Å²) in [4.78, 5) is 29.9. The van der Waals surface area contributed by atoms with Crippen LogP contribution < -0.4 is 9.47 Å². The first-order valence-corrected chi connectivity index (χ1v) is 11.3. The van der Waals surface area contributed by atoms with E-state index >= 15 is 0 Å². The van der Waals surface area contributed by atoms with Gasteiger partial charge < -0.3 is 24.2 Å². The molecule has 8 nitrogen and oxygen atoms in total. The lowest BCUT2D eigenvalue weighted by molar-refractivity contribution is -0.140. The van der Waals surface area contributed by atoms with Gasteiger partial charge in [-0.25, -0.2) is 4.39 Å². The van der Waals surface area contributed by atoms with Crippen LogP contribution in [-0.4, -0.2) is 72.8 Å². The van der Waals surface area contributed by atoms with E-state index in [9.17, 15) is 19.1 Å². The highest BCUT2D eigenvalue weighted by atomic mass is 19.1. The molecule has 3 heterocycles. The molecule has 2 saturated heterocycles. The Morgan fingerprint density at radius 2 is 1.74 bits per heavy atom. The number of nitrogens with zero attached hydrogens (tertiary/aromatic N) is 2. The number of fused-ring (bicyclic) bond motifs is 1. The molecular formula is C25H25FN2O6. The fraction of sp³-hybridized carbons (Fsp3) is 0.360. The van der Waals surface area contributed by atoms with Gasteiger partial charge in [0.15, 0.2) is 11.5 Å². The summed E-state index contributed by atoms with van der Waals surface area (Å²) in [7, 11) is 0. The van der Waals surface area contributed by atoms with Crippen molar-refractivity contribution in [2.24, 2.45) is 0 Å². The molecule has 0 bridgehead atoms. The molecule has 2 fully saturated rings. The SMILES string of the molecule is O=C1C(=O)N(CCCN2CCOCC2)C(c2ccc(F)cc2)C1=C(O)c1ccc2c(c1)OCO2. The molecule has 5 rings (SSSR count). The van der Waals surface area contributed by atoms with Crippen LogP contribution in [-0.2, 0) is 14.3 Å². The second-order valence-electron chi connectivity index (χ2n) is 8.42. The molecule has 0 aliphatic carbocycles. The first kappa shape index (κ1) is 22.4. The van der Waals surface area contributed by atoms with Gasteiger partial charge in [0, 0.05) is 31.7 Å². The predicted molar refractivity (Wildman–Crippen MR) is 120 cm³/mol. The molecule has 1 atom stereocenters. The van der Waals surface area contributed by atoms with Gasteiger partial charge >= 0.3 is 0 Å². The van der Waals surface area contributed by atoms with Crippen molar-refractivity contribution >= 4 is 17.4 Å². The summed E-state index contributed by atoms with van der Waals surface area (Å²) in [5.41, 5.74) is 0.860. The normalized spacial score (nSPS) is 21.9. The highest BCUT2D eigenvalue weighted by molar-refractivity contribution is 6.46. The first-order valence-electron chi connectivity index (χ1n) is 11.3. The fourth-order valence-electron chi connectivity index (χ4n) is 4.59. The number of amides is 1. The molecule has 2 aromatic rings. The van der Waals surface area contributed by atoms with Crippen LogP contribution in [0.2, 0.25) is 0 Å². The zero-order valence-electron chi connectivity index (χ0n) is 18.5. The van der Waals surface area contributed by atoms with Crippen LogP contribution >= 0.6 is 0 Å². The summed E-state index contributed by atoms with van der Waals surface area (Å²) in [6, 6.07) is 9.63. The number of morpholine rings is 1. The van der Waals surface area contributed by atoms with Gasteiger partial charge in [0.05, 0.1) is 24.8 Å². The minimum absolute atomic E-state index is 0.0261. The van der Waals surface area contributed by atoms with Crippen LogP contribution in [0, 0.1) is 5.82 Å². The number of halogens is 1. The van der Waals surface area contributed by atoms with E-state index in [2.05, 4.69) is 4.90 Å². The van der Waals surface area contributed by atoms with Crippen LogP contribution in [0.15, 0.2) is 48.0 Å². The largest absolute Gasteiger partial charge is 0.507 e. The smallest absolute Gasteiger partial charge is 0.295 e. The van der Waals surface area contributed by atoms with E-state index in [-0.39, 0.29) is 18.1 Å². The number of likely N-dealkylation sites (tertiary alicyclic amines) is 1. The number of carbonyl (C=O) groups excluding carboxylic acids is 2. The van der Waals surface area contributed by atoms with E-state index in [1.54, 1.807) is 18.2 Å². The van der Waals surface area contributed by atoms with E-state index in [1.165, 1.54) is 29.2 Å². The Morgan fingerprint density at radius 3 is 2.50 bits per heavy atom. The first-order chi connectivity index (χ1) is 16.5. The molecule has 2 aromatic carbocycles. The van der Waals surface area contributed by atoms with E-state index < -0.39 is 23.5 Å². The Morgan fingerprint density at radius 1 is 1.00 bits per heavy atom. The average Bonchev–Trinajstić information content (AvgIpc) is 3.42. The molecule has 178 valence electrons. The van der Waals surface area contributed by atoms with Crippen LogP contribution in [0.3, 0.4) is 0 Å². The van der Waals surface area contributed by atoms with Crippen molar-refractivity contribution in [1.29, 1.82) is 0 Å². The summed E-state index contributed by atoms with van der Waals surface area (Å²) >= 11 is 0. The zero-order chi connectivity index (χ0) is 23.7. The predicted octanol–water partition coefficient (Wildman–Crippen LogP) is 2.70. The van der Waals surface area contributed by atoms with Crippen molar-refractivity contribution in [2.45, 2.75) is 12.5 Å². The number of aliphatic hydroxyl groups is 1. The third-order valence-corrected chi connectivity index (χ3v) is 6.35. The highest BCUT2D eigenvalue weighted by Gasteiger charge is 2.46. The third-order valence-electron chi connectivity index (χ3n) is 6.35. The van der Waals surface area contributed by atoms with Crippen molar-refractivity contribution < 1.29 is 33.3 Å². The maximum atomic E-state index is 13.6. The second kappa shape index (κ2) is 9.44. The van der Waals surface area contributed by atoms with Gasteiger partial charge in [-0.1, -0.05) is 12.1 Å². The van der Waals surface area contributed by atoms with Crippen LogP contribution in [0.25, 0.3) is 5.76 Å². The van der Waals surface area contributed by atoms with Crippen molar-refractivity contribution in [3.63, 3.8) is 0 Å². The maximum Gasteiger partial charge on any atom is 0.295 e. The standard InChI is InChI=1S/C25H25FN2O6/c26-18-5-2-16(3-6-18)22-21(23(29)17-4-7-19-20(14-17)34-15-33-19)24(30)25(31)28(22)9-1-8-27-10-12-32-13-11-27/h2-7,14,22,29H,1,8-13,15H2. The molecule has 1 amide bonds. The number of Topliss-reactive ketones (excluding diaryl/α,β-unsaturated/α-hetero) is 1. The molecule has 9 heteroatoms. The number of benzene rings is 2. The number of carbonyl (C=O) groups is 2. The fourth-order valence-corrected chi connectivity index (χ4v) is 4.59. The van der Waals surface area contributed by atoms with Gasteiger partial charge in [-0.05, 0) is 42.3 Å². The quantitative estimate of drug-likeness (QED) is 0.396. The van der Waals surface area contributed by atoms with Crippen LogP contribution in [0.4, 0.5) is 4.39 Å². The lowest BCUT2D eigenvalue weighted by Crippen LogP contribution is -2.38. The Hall–Kier alpha value is -3.43. The van der Waals surface area contributed by atoms with E-state index in [0.29, 0.717) is 48.8 Å². The number of hydrogen-bond donors (Lipinski definition) is 1. The van der Waals surface area contributed by atoms with Crippen molar-refractivity contribution in [2.75, 3.05) is 46.2 Å². The second-order valence-corrected chi connectivity index (χ2v) is 8.42. The lowest BCUT2D eigenvalue weighted by atomic mass is 9.95. The maximum absolute atomic E-state index is 13.6. The lowest BCUT2D eigenvalue weighted by Gasteiger charge is -2.29. The van der Waals surface area contributed by atoms with Crippen molar-refractivity contribution in [1.82, 2.24) is 9.80 Å². The minimum Gasteiger partial charge on any atom is -0.507 e. The molecule has 0 spiro atoms. The number of hydrogen-bond acceptors (Lipinski definition) is 7. The molecule has 0 saturated carbocycles. The van der Waals surface area contributed by atoms with Crippen molar-refractivity contribution in [3.05, 3.63) is 65.0 Å². The molecule has 3 aliphatic rings. The minimum atomic E-state index is -0.823. The number of ether oxygens (including phenoxy) is 3. The number of ketones is 1. The van der Waals surface area contributed by atoms with Crippen LogP contribution in [0.1, 0.15) is 23.6 Å². The summed E-state index contributed by atoms with van der Waals surface area (Å²) in [6.07, 6.45) is 0.648. The van der Waals surface area contributed by atoms with E-state index in [0.717, 1.165) is 19.6 Å². The Labute approximate surface area is 196 Å². The van der Waals surface area contributed by atoms with Gasteiger partial charge in [0.1, 0.15) is 11.6 Å². The topological polar surface area (TPSA) is 88.5 Å². The molecule has 1 N–H and O–H groups in total. The summed E-state index contributed by atoms with van der Waals surface area (Å²) in [6.45, 7) is 4.15. The molecule has 34 heavy (non-hydrogen) atoms. The van der Waals surface area contributed by atoms with Crippen LogP contribution in [0.5, 0.6) is 11.5 Å². The summed E-state index contributed by atoms with van der Waals surface area (Å²) < 4.78 is 29.7. The number of rotatable bonds is 6. The van der Waals surface area contributed by atoms with Gasteiger partial charge in [0.25, 0.3) is 11.7 Å². The monoisotopic (exact) mass is 468 g/mol. The van der Waals surface area contributed by atoms with E-state index in [1.807, 2.05) is 0 Å². The highest BCUT2D eigenvalue weighted by Crippen LogP contribution is 2.41. The Kier molecular flexibility index (Phi) is 6.21. The third kappa shape index (κ3) is 4.24.